The monoisotopic (exact) mass is 300 g/mol. The van der Waals surface area contributed by atoms with Gasteiger partial charge in [0.05, 0.1) is 5.92 Å². The summed E-state index contributed by atoms with van der Waals surface area (Å²) in [5.41, 5.74) is 2.60. The number of halogens is 3. The van der Waals surface area contributed by atoms with E-state index in [1.165, 1.54) is 4.90 Å². The van der Waals surface area contributed by atoms with E-state index in [0.717, 1.165) is 11.1 Å². The van der Waals surface area contributed by atoms with Gasteiger partial charge in [0.15, 0.2) is 0 Å². The number of hydrogen-bond acceptors (Lipinski definition) is 1. The summed E-state index contributed by atoms with van der Waals surface area (Å²) in [4.78, 5) is 13.4. The van der Waals surface area contributed by atoms with Crippen LogP contribution < -0.4 is 5.32 Å². The van der Waals surface area contributed by atoms with Gasteiger partial charge in [0.25, 0.3) is 0 Å². The zero-order valence-corrected chi connectivity index (χ0v) is 12.1. The first-order chi connectivity index (χ1) is 9.79. The predicted molar refractivity (Wildman–Crippen MR) is 75.3 cm³/mol. The Morgan fingerprint density at radius 3 is 2.71 bits per heavy atom. The topological polar surface area (TPSA) is 32.3 Å². The van der Waals surface area contributed by atoms with Crippen molar-refractivity contribution in [2.45, 2.75) is 32.9 Å². The van der Waals surface area contributed by atoms with Crippen molar-refractivity contribution < 1.29 is 18.0 Å². The van der Waals surface area contributed by atoms with Gasteiger partial charge in [0.1, 0.15) is 0 Å². The molecule has 6 heteroatoms. The molecule has 3 nitrogen and oxygen atoms in total. The Morgan fingerprint density at radius 2 is 2.05 bits per heavy atom. The molecule has 0 unspecified atom stereocenters. The van der Waals surface area contributed by atoms with Crippen LogP contribution in [-0.4, -0.2) is 30.2 Å². The number of alkyl halides is 3. The van der Waals surface area contributed by atoms with Gasteiger partial charge < -0.3 is 10.2 Å². The van der Waals surface area contributed by atoms with E-state index in [2.05, 4.69) is 5.32 Å². The Morgan fingerprint density at radius 1 is 1.33 bits per heavy atom. The van der Waals surface area contributed by atoms with Crippen molar-refractivity contribution >= 4 is 11.7 Å². The number of urea groups is 1. The second-order valence-corrected chi connectivity index (χ2v) is 5.50. The van der Waals surface area contributed by atoms with E-state index in [-0.39, 0.29) is 13.0 Å². The second kappa shape index (κ2) is 5.95. The molecule has 1 N–H and O–H groups in total. The predicted octanol–water partition coefficient (Wildman–Crippen LogP) is 4.11. The molecular weight excluding hydrogens is 281 g/mol. The number of carbonyl (C=O) groups is 1. The fraction of sp³-hybridized carbons (Fsp3) is 0.533. The van der Waals surface area contributed by atoms with Crippen LogP contribution in [0.15, 0.2) is 18.2 Å². The Bertz CT molecular complexity index is 528. The van der Waals surface area contributed by atoms with Crippen LogP contribution in [0.5, 0.6) is 0 Å². The average Bonchev–Trinajstić information content (AvgIpc) is 2.43. The molecule has 1 aliphatic rings. The van der Waals surface area contributed by atoms with Crippen molar-refractivity contribution in [3.8, 4) is 0 Å². The summed E-state index contributed by atoms with van der Waals surface area (Å²) in [7, 11) is 0. The van der Waals surface area contributed by atoms with E-state index in [4.69, 9.17) is 0 Å². The third kappa shape index (κ3) is 3.68. The molecule has 0 aliphatic carbocycles. The van der Waals surface area contributed by atoms with Gasteiger partial charge in [-0.05, 0) is 43.9 Å². The highest BCUT2D eigenvalue weighted by molar-refractivity contribution is 5.90. The SMILES string of the molecule is Cc1cccc(NC(=O)N2CCC[C@H](C(F)(F)F)C2)c1C. The van der Waals surface area contributed by atoms with Crippen molar-refractivity contribution in [3.05, 3.63) is 29.3 Å². The van der Waals surface area contributed by atoms with Crippen molar-refractivity contribution in [2.75, 3.05) is 18.4 Å². The van der Waals surface area contributed by atoms with Gasteiger partial charge in [-0.2, -0.15) is 13.2 Å². The number of benzene rings is 1. The average molecular weight is 300 g/mol. The van der Waals surface area contributed by atoms with E-state index >= 15 is 0 Å². The molecule has 1 fully saturated rings. The highest BCUT2D eigenvalue weighted by Gasteiger charge is 2.42. The Labute approximate surface area is 122 Å². The fourth-order valence-corrected chi connectivity index (χ4v) is 2.51. The number of hydrogen-bond donors (Lipinski definition) is 1. The number of likely N-dealkylation sites (tertiary alicyclic amines) is 1. The van der Waals surface area contributed by atoms with Crippen LogP contribution in [0.1, 0.15) is 24.0 Å². The van der Waals surface area contributed by atoms with Crippen LogP contribution in [0.4, 0.5) is 23.7 Å². The molecule has 1 aromatic rings. The minimum atomic E-state index is -4.24. The molecule has 1 saturated heterocycles. The molecule has 0 radical (unpaired) electrons. The lowest BCUT2D eigenvalue weighted by Crippen LogP contribution is -2.46. The molecule has 1 aromatic carbocycles. The molecule has 1 heterocycles. The second-order valence-electron chi connectivity index (χ2n) is 5.50. The van der Waals surface area contributed by atoms with Gasteiger partial charge in [0.2, 0.25) is 0 Å². The maximum Gasteiger partial charge on any atom is 0.393 e. The normalized spacial score (nSPS) is 19.5. The van der Waals surface area contributed by atoms with Crippen LogP contribution >= 0.6 is 0 Å². The van der Waals surface area contributed by atoms with Gasteiger partial charge >= 0.3 is 12.2 Å². The van der Waals surface area contributed by atoms with E-state index < -0.39 is 18.1 Å². The van der Waals surface area contributed by atoms with Gasteiger partial charge in [-0.25, -0.2) is 4.79 Å². The van der Waals surface area contributed by atoms with E-state index in [0.29, 0.717) is 18.7 Å². The zero-order valence-electron chi connectivity index (χ0n) is 12.1. The first-order valence-corrected chi connectivity index (χ1v) is 6.98. The van der Waals surface area contributed by atoms with E-state index in [9.17, 15) is 18.0 Å². The molecule has 0 spiro atoms. The first kappa shape index (κ1) is 15.7. The van der Waals surface area contributed by atoms with Gasteiger partial charge in [-0.15, -0.1) is 0 Å². The summed E-state index contributed by atoms with van der Waals surface area (Å²) in [6.45, 7) is 3.90. The summed E-state index contributed by atoms with van der Waals surface area (Å²) in [6.07, 6.45) is -3.76. The number of anilines is 1. The quantitative estimate of drug-likeness (QED) is 0.831. The standard InChI is InChI=1S/C15H19F3N2O/c1-10-5-3-7-13(11(10)2)19-14(21)20-8-4-6-12(9-20)15(16,17)18/h3,5,7,12H,4,6,8-9H2,1-2H3,(H,19,21)/t12-/m0/s1. The molecule has 21 heavy (non-hydrogen) atoms. The molecule has 0 bridgehead atoms. The highest BCUT2D eigenvalue weighted by atomic mass is 19.4. The number of piperidine rings is 1. The number of nitrogens with zero attached hydrogens (tertiary/aromatic N) is 1. The van der Waals surface area contributed by atoms with Crippen LogP contribution in [0.25, 0.3) is 0 Å². The lowest BCUT2D eigenvalue weighted by atomic mass is 9.98. The molecule has 2 amide bonds. The maximum atomic E-state index is 12.8. The van der Waals surface area contributed by atoms with Crippen molar-refractivity contribution in [3.63, 3.8) is 0 Å². The van der Waals surface area contributed by atoms with Crippen molar-refractivity contribution in [2.24, 2.45) is 5.92 Å². The number of aryl methyl sites for hydroxylation is 1. The van der Waals surface area contributed by atoms with Crippen LogP contribution in [0, 0.1) is 19.8 Å². The minimum absolute atomic E-state index is 0.0940. The largest absolute Gasteiger partial charge is 0.393 e. The third-order valence-corrected chi connectivity index (χ3v) is 4.02. The van der Waals surface area contributed by atoms with E-state index in [1.807, 2.05) is 26.0 Å². The number of rotatable bonds is 1. The van der Waals surface area contributed by atoms with Crippen LogP contribution in [0.3, 0.4) is 0 Å². The maximum absolute atomic E-state index is 12.8. The Kier molecular flexibility index (Phi) is 4.44. The Hall–Kier alpha value is -1.72. The fourth-order valence-electron chi connectivity index (χ4n) is 2.51. The molecule has 0 aromatic heterocycles. The number of carbonyl (C=O) groups excluding carboxylic acids is 1. The summed E-state index contributed by atoms with van der Waals surface area (Å²) in [6, 6.07) is 5.03. The van der Waals surface area contributed by atoms with E-state index in [1.54, 1.807) is 6.07 Å². The summed E-state index contributed by atoms with van der Waals surface area (Å²) >= 11 is 0. The molecule has 2 rings (SSSR count). The number of amides is 2. The summed E-state index contributed by atoms with van der Waals surface area (Å²) < 4.78 is 38.3. The van der Waals surface area contributed by atoms with Crippen LogP contribution in [0.2, 0.25) is 0 Å². The first-order valence-electron chi connectivity index (χ1n) is 6.98. The molecule has 116 valence electrons. The lowest BCUT2D eigenvalue weighted by Gasteiger charge is -2.33. The summed E-state index contributed by atoms with van der Waals surface area (Å²) in [5.74, 6) is -1.42. The number of nitrogens with one attached hydrogen (secondary N) is 1. The molecular formula is C15H19F3N2O. The molecule has 1 aliphatic heterocycles. The smallest absolute Gasteiger partial charge is 0.324 e. The minimum Gasteiger partial charge on any atom is -0.324 e. The van der Waals surface area contributed by atoms with Gasteiger partial charge in [-0.1, -0.05) is 12.1 Å². The highest BCUT2D eigenvalue weighted by Crippen LogP contribution is 2.33. The van der Waals surface area contributed by atoms with Crippen molar-refractivity contribution in [1.82, 2.24) is 4.90 Å². The van der Waals surface area contributed by atoms with Crippen LogP contribution in [-0.2, 0) is 0 Å². The molecule has 1 atom stereocenters. The molecule has 0 saturated carbocycles. The van der Waals surface area contributed by atoms with Crippen molar-refractivity contribution in [1.29, 1.82) is 0 Å². The van der Waals surface area contributed by atoms with Gasteiger partial charge in [-0.3, -0.25) is 0 Å². The zero-order chi connectivity index (χ0) is 15.6. The lowest BCUT2D eigenvalue weighted by molar-refractivity contribution is -0.183. The third-order valence-electron chi connectivity index (χ3n) is 4.02. The van der Waals surface area contributed by atoms with Gasteiger partial charge in [0, 0.05) is 18.8 Å². The summed E-state index contributed by atoms with van der Waals surface area (Å²) in [5, 5.41) is 2.71. The Balaban J connectivity index is 2.05.